The Morgan fingerprint density at radius 1 is 0.675 bits per heavy atom. The fourth-order valence-electron chi connectivity index (χ4n) is 4.99. The minimum atomic E-state index is -1.82. The molecule has 2 aliphatic rings. The summed E-state index contributed by atoms with van der Waals surface area (Å²) in [6, 6.07) is 12.7. The van der Waals surface area contributed by atoms with Crippen molar-refractivity contribution in [1.82, 2.24) is 0 Å². The Labute approximate surface area is 223 Å². The quantitative estimate of drug-likeness (QED) is 0.113. The van der Waals surface area contributed by atoms with Crippen molar-refractivity contribution in [3.8, 4) is 29.3 Å². The van der Waals surface area contributed by atoms with Crippen molar-refractivity contribution in [2.24, 2.45) is 0 Å². The number of hydrogen-bond acceptors (Lipinski definition) is 3. The van der Waals surface area contributed by atoms with Crippen LogP contribution in [0.1, 0.15) is 33.4 Å². The largest absolute Gasteiger partial charge is 0.270 e. The van der Waals surface area contributed by atoms with Gasteiger partial charge in [-0.05, 0) is 57.2 Å². The Morgan fingerprint density at radius 3 is 1.85 bits per heavy atom. The van der Waals surface area contributed by atoms with E-state index in [0.717, 1.165) is 6.07 Å². The van der Waals surface area contributed by atoms with Gasteiger partial charge in [0.05, 0.1) is 31.9 Å². The molecule has 2 aliphatic carbocycles. The summed E-state index contributed by atoms with van der Waals surface area (Å²) < 4.78 is 59.5. The molecule has 0 atom stereocenters. The van der Waals surface area contributed by atoms with E-state index in [4.69, 9.17) is 19.7 Å². The molecule has 3 aromatic carbocycles. The molecule has 0 spiro atoms. The molecule has 0 saturated heterocycles. The second-order valence-electron chi connectivity index (χ2n) is 8.36. The van der Waals surface area contributed by atoms with Crippen LogP contribution in [-0.4, -0.2) is 0 Å². The monoisotopic (exact) mass is 526 g/mol. The van der Waals surface area contributed by atoms with Crippen molar-refractivity contribution < 1.29 is 17.6 Å². The summed E-state index contributed by atoms with van der Waals surface area (Å²) in [6.07, 6.45) is 0. The van der Waals surface area contributed by atoms with Crippen LogP contribution in [0.15, 0.2) is 47.8 Å². The Balaban J connectivity index is 1.92. The Hall–Kier alpha value is -6.46. The van der Waals surface area contributed by atoms with Gasteiger partial charge in [-0.3, -0.25) is 0 Å². The van der Waals surface area contributed by atoms with Gasteiger partial charge in [-0.1, -0.05) is 18.2 Å². The van der Waals surface area contributed by atoms with Crippen molar-refractivity contribution in [3.63, 3.8) is 0 Å². The first-order valence-electron chi connectivity index (χ1n) is 11.0. The number of rotatable bonds is 1. The average Bonchev–Trinajstić information content (AvgIpc) is 3.46. The van der Waals surface area contributed by atoms with E-state index in [9.17, 15) is 24.6 Å². The molecule has 5 rings (SSSR count). The van der Waals surface area contributed by atoms with Crippen molar-refractivity contribution >= 4 is 22.4 Å². The normalized spacial score (nSPS) is 14.8. The van der Waals surface area contributed by atoms with Crippen LogP contribution in [0.3, 0.4) is 0 Å². The average molecular weight is 526 g/mol. The number of halogens is 4. The van der Waals surface area contributed by atoms with Crippen molar-refractivity contribution in [2.75, 3.05) is 0 Å². The van der Waals surface area contributed by atoms with Crippen LogP contribution in [0.5, 0.6) is 0 Å². The maximum atomic E-state index is 15.5. The molecule has 0 bridgehead atoms. The van der Waals surface area contributed by atoms with Gasteiger partial charge in [0.25, 0.3) is 11.4 Å². The van der Waals surface area contributed by atoms with Crippen LogP contribution in [0.4, 0.5) is 17.6 Å². The van der Waals surface area contributed by atoms with Gasteiger partial charge >= 0.3 is 0 Å². The molecule has 0 saturated carbocycles. The Kier molecular flexibility index (Phi) is 5.75. The lowest BCUT2D eigenvalue weighted by Gasteiger charge is -2.13. The van der Waals surface area contributed by atoms with E-state index >= 15 is 8.78 Å². The molecule has 3 aromatic rings. The minimum Gasteiger partial charge on any atom is -0.237 e. The highest BCUT2D eigenvalue weighted by atomic mass is 19.2. The Bertz CT molecular complexity index is 2080. The first-order valence-corrected chi connectivity index (χ1v) is 11.0. The van der Waals surface area contributed by atoms with Gasteiger partial charge in [0.15, 0.2) is 11.6 Å². The molecular weight excluding hydrogens is 520 g/mol. The summed E-state index contributed by atoms with van der Waals surface area (Å²) in [5, 5.41) is 28.5. The zero-order valence-electron chi connectivity index (χ0n) is 19.7. The lowest BCUT2D eigenvalue weighted by Crippen LogP contribution is -2.04. The molecule has 0 unspecified atom stereocenters. The summed E-state index contributed by atoms with van der Waals surface area (Å²) in [5.74, 6) is -5.69. The molecule has 0 amide bonds. The number of benzene rings is 3. The van der Waals surface area contributed by atoms with Crippen LogP contribution in [0.2, 0.25) is 0 Å². The highest BCUT2D eigenvalue weighted by molar-refractivity contribution is 6.24. The van der Waals surface area contributed by atoms with Gasteiger partial charge in [-0.2, -0.15) is 5.26 Å². The second kappa shape index (κ2) is 9.13. The standard InChI is InChI=1S/C30H6F4N6/c1-38-20(11-36)23-17-8-13(4-6-15(17)16-7-5-14(31)9-18(16)23)22-24(21(12-37)39-2)25-26(30(22)40-3)29(34)28(33)19(10-35)27(25)32/h4-9H/b23-20-,24-21+. The van der Waals surface area contributed by atoms with Crippen LogP contribution < -0.4 is 0 Å². The molecule has 10 heteroatoms. The third kappa shape index (κ3) is 3.22. The predicted octanol–water partition coefficient (Wildman–Crippen LogP) is 7.25. The lowest BCUT2D eigenvalue weighted by atomic mass is 9.91. The number of fused-ring (bicyclic) bond motifs is 4. The van der Waals surface area contributed by atoms with E-state index < -0.39 is 56.9 Å². The van der Waals surface area contributed by atoms with Gasteiger partial charge in [0.2, 0.25) is 5.70 Å². The van der Waals surface area contributed by atoms with Crippen molar-refractivity contribution in [2.45, 2.75) is 0 Å². The van der Waals surface area contributed by atoms with E-state index in [2.05, 4.69) is 14.5 Å². The summed E-state index contributed by atoms with van der Waals surface area (Å²) in [7, 11) is 0. The fourth-order valence-corrected chi connectivity index (χ4v) is 4.99. The first kappa shape index (κ1) is 25.2. The van der Waals surface area contributed by atoms with E-state index in [1.165, 1.54) is 36.4 Å². The van der Waals surface area contributed by atoms with Crippen molar-refractivity contribution in [1.29, 1.82) is 15.8 Å². The molecule has 0 aliphatic heterocycles. The molecule has 40 heavy (non-hydrogen) atoms. The highest BCUT2D eigenvalue weighted by Crippen LogP contribution is 2.53. The van der Waals surface area contributed by atoms with Gasteiger partial charge in [-0.25, -0.2) is 42.6 Å². The minimum absolute atomic E-state index is 0.0399. The molecule has 184 valence electrons. The molecule has 6 nitrogen and oxygen atoms in total. The first-order chi connectivity index (χ1) is 19.3. The molecular formula is C30H6F4N6. The second-order valence-corrected chi connectivity index (χ2v) is 8.36. The Morgan fingerprint density at radius 2 is 1.27 bits per heavy atom. The third-order valence-corrected chi connectivity index (χ3v) is 6.55. The summed E-state index contributed by atoms with van der Waals surface area (Å²) in [6.45, 7) is 22.6. The summed E-state index contributed by atoms with van der Waals surface area (Å²) in [4.78, 5) is 9.63. The van der Waals surface area contributed by atoms with E-state index in [1.54, 1.807) is 12.1 Å². The van der Waals surface area contributed by atoms with Crippen LogP contribution >= 0.6 is 0 Å². The molecule has 0 N–H and O–H groups in total. The zero-order chi connectivity index (χ0) is 28.9. The fraction of sp³-hybridized carbons (Fsp3) is 0. The summed E-state index contributed by atoms with van der Waals surface area (Å²) in [5.41, 5.74) is -3.82. The number of allylic oxidation sites excluding steroid dienone is 4. The molecule has 0 aromatic heterocycles. The van der Waals surface area contributed by atoms with Crippen LogP contribution in [0.25, 0.3) is 48.1 Å². The van der Waals surface area contributed by atoms with E-state index in [0.29, 0.717) is 11.1 Å². The highest BCUT2D eigenvalue weighted by Gasteiger charge is 2.39. The van der Waals surface area contributed by atoms with Gasteiger partial charge in [0, 0.05) is 16.7 Å². The third-order valence-electron chi connectivity index (χ3n) is 6.55. The molecule has 0 radical (unpaired) electrons. The maximum absolute atomic E-state index is 15.5. The van der Waals surface area contributed by atoms with Gasteiger partial charge in [0.1, 0.15) is 23.3 Å². The molecule has 0 fully saturated rings. The van der Waals surface area contributed by atoms with E-state index in [-0.39, 0.29) is 33.5 Å². The van der Waals surface area contributed by atoms with Gasteiger partial charge in [-0.15, -0.1) is 0 Å². The van der Waals surface area contributed by atoms with Crippen molar-refractivity contribution in [3.05, 3.63) is 139 Å². The number of hydrogen-bond donors (Lipinski definition) is 0. The maximum Gasteiger partial charge on any atom is 0.270 e. The lowest BCUT2D eigenvalue weighted by molar-refractivity contribution is 0.488. The van der Waals surface area contributed by atoms with Crippen LogP contribution in [0, 0.1) is 77.0 Å². The summed E-state index contributed by atoms with van der Waals surface area (Å²) >= 11 is 0. The number of nitriles is 3. The SMILES string of the molecule is [C-]#[N+]C1=C(c2ccc3c(c2)/C(=C(\C#N)[N+]#[C-])c2cc(F)ccc2-3)/C(=C(/C#N)[N+]#[C-])c2c(F)c(C#N)c(F)c(F)c21. The predicted molar refractivity (Wildman–Crippen MR) is 134 cm³/mol. The van der Waals surface area contributed by atoms with Gasteiger partial charge < -0.3 is 0 Å². The topological polar surface area (TPSA) is 84.4 Å². The van der Waals surface area contributed by atoms with E-state index in [1.807, 2.05) is 0 Å². The molecule has 0 heterocycles. The van der Waals surface area contributed by atoms with Crippen LogP contribution in [-0.2, 0) is 0 Å². The smallest absolute Gasteiger partial charge is 0.237 e. The zero-order valence-corrected chi connectivity index (χ0v) is 19.7. The number of nitrogens with zero attached hydrogens (tertiary/aromatic N) is 6.